The number of hydrogen-bond donors (Lipinski definition) is 1. The molecule has 0 spiro atoms. The van der Waals surface area contributed by atoms with Gasteiger partial charge in [0.05, 0.1) is 22.2 Å². The Morgan fingerprint density at radius 3 is 2.93 bits per heavy atom. The highest BCUT2D eigenvalue weighted by Gasteiger charge is 2.35. The van der Waals surface area contributed by atoms with Crippen LogP contribution in [0.1, 0.15) is 42.3 Å². The molecule has 0 radical (unpaired) electrons. The Hall–Kier alpha value is -0.450. The van der Waals surface area contributed by atoms with Gasteiger partial charge in [-0.2, -0.15) is 0 Å². The Morgan fingerprint density at radius 1 is 1.64 bits per heavy atom. The Kier molecular flexibility index (Phi) is 2.37. The Bertz CT molecular complexity index is 346. The maximum absolute atomic E-state index is 5.64. The highest BCUT2D eigenvalue weighted by Crippen LogP contribution is 2.39. The number of thiazole rings is 1. The lowest BCUT2D eigenvalue weighted by Gasteiger charge is -2.16. The fourth-order valence-electron chi connectivity index (χ4n) is 1.56. The summed E-state index contributed by atoms with van der Waals surface area (Å²) < 4.78 is 5.64. The minimum atomic E-state index is -0.210. The van der Waals surface area contributed by atoms with Crippen molar-refractivity contribution in [3.05, 3.63) is 15.6 Å². The van der Waals surface area contributed by atoms with Crippen LogP contribution in [0, 0.1) is 0 Å². The van der Waals surface area contributed by atoms with Crippen molar-refractivity contribution in [3.8, 4) is 0 Å². The monoisotopic (exact) mass is 212 g/mol. The Balaban J connectivity index is 2.35. The fourth-order valence-corrected chi connectivity index (χ4v) is 2.76. The van der Waals surface area contributed by atoms with Gasteiger partial charge in [0.1, 0.15) is 5.60 Å². The molecule has 0 amide bonds. The summed E-state index contributed by atoms with van der Waals surface area (Å²) in [6, 6.07) is 0. The number of fused-ring (bicyclic) bond motifs is 1. The maximum Gasteiger partial charge on any atom is 0.106 e. The molecule has 1 atom stereocenters. The van der Waals surface area contributed by atoms with Crippen molar-refractivity contribution in [2.24, 2.45) is 5.73 Å². The van der Waals surface area contributed by atoms with Crippen LogP contribution in [0.25, 0.3) is 0 Å². The van der Waals surface area contributed by atoms with E-state index in [1.807, 2.05) is 0 Å². The third kappa shape index (κ3) is 1.47. The first-order valence-electron chi connectivity index (χ1n) is 4.88. The molecule has 4 heteroatoms. The first-order chi connectivity index (χ1) is 6.54. The molecule has 1 aliphatic rings. The molecule has 14 heavy (non-hydrogen) atoms. The summed E-state index contributed by atoms with van der Waals surface area (Å²) in [5.41, 5.74) is 6.53. The highest BCUT2D eigenvalue weighted by atomic mass is 32.1. The molecule has 1 unspecified atom stereocenters. The highest BCUT2D eigenvalue weighted by molar-refractivity contribution is 7.11. The van der Waals surface area contributed by atoms with Crippen molar-refractivity contribution in [1.82, 2.24) is 4.98 Å². The van der Waals surface area contributed by atoms with Crippen molar-refractivity contribution >= 4 is 11.3 Å². The molecule has 78 valence electrons. The van der Waals surface area contributed by atoms with Crippen molar-refractivity contribution in [1.29, 1.82) is 0 Å². The number of nitrogens with zero attached hydrogens (tertiary/aromatic N) is 1. The third-order valence-electron chi connectivity index (χ3n) is 2.62. The standard InChI is InChI=1S/C10H16N2OS/c1-6(4-11)9-12-8-7(14-9)5-13-10(8,2)3/h6H,4-5,11H2,1-3H3. The average Bonchev–Trinajstić information content (AvgIpc) is 2.67. The molecule has 0 fully saturated rings. The van der Waals surface area contributed by atoms with Crippen LogP contribution in [-0.2, 0) is 16.9 Å². The predicted octanol–water partition coefficient (Wildman–Crippen LogP) is 1.97. The van der Waals surface area contributed by atoms with Crippen LogP contribution in [0.3, 0.4) is 0 Å². The van der Waals surface area contributed by atoms with E-state index in [2.05, 4.69) is 25.8 Å². The van der Waals surface area contributed by atoms with Gasteiger partial charge in [-0.25, -0.2) is 4.98 Å². The van der Waals surface area contributed by atoms with E-state index in [0.29, 0.717) is 19.1 Å². The summed E-state index contributed by atoms with van der Waals surface area (Å²) in [7, 11) is 0. The molecular weight excluding hydrogens is 196 g/mol. The SMILES string of the molecule is CC(CN)c1nc2c(s1)COC2(C)C. The second kappa shape index (κ2) is 3.29. The molecule has 2 heterocycles. The lowest BCUT2D eigenvalue weighted by atomic mass is 10.1. The summed E-state index contributed by atoms with van der Waals surface area (Å²) in [5.74, 6) is 0.362. The van der Waals surface area contributed by atoms with Gasteiger partial charge in [0.15, 0.2) is 0 Å². The molecule has 0 bridgehead atoms. The van der Waals surface area contributed by atoms with Gasteiger partial charge in [-0.3, -0.25) is 0 Å². The number of hydrogen-bond acceptors (Lipinski definition) is 4. The first kappa shape index (κ1) is 10.1. The van der Waals surface area contributed by atoms with Gasteiger partial charge >= 0.3 is 0 Å². The summed E-state index contributed by atoms with van der Waals surface area (Å²) in [6.45, 7) is 7.61. The smallest absolute Gasteiger partial charge is 0.106 e. The van der Waals surface area contributed by atoms with Crippen LogP contribution >= 0.6 is 11.3 Å². The zero-order valence-corrected chi connectivity index (χ0v) is 9.65. The van der Waals surface area contributed by atoms with Gasteiger partial charge < -0.3 is 10.5 Å². The molecular formula is C10H16N2OS. The topological polar surface area (TPSA) is 48.1 Å². The van der Waals surface area contributed by atoms with Crippen LogP contribution in [0.5, 0.6) is 0 Å². The molecule has 1 aromatic heterocycles. The second-order valence-corrected chi connectivity index (χ2v) is 5.37. The van der Waals surface area contributed by atoms with Gasteiger partial charge in [-0.05, 0) is 13.8 Å². The quantitative estimate of drug-likeness (QED) is 0.815. The largest absolute Gasteiger partial charge is 0.364 e. The summed E-state index contributed by atoms with van der Waals surface area (Å²) in [6.07, 6.45) is 0. The maximum atomic E-state index is 5.64. The van der Waals surface area contributed by atoms with Gasteiger partial charge in [0, 0.05) is 12.5 Å². The first-order valence-corrected chi connectivity index (χ1v) is 5.70. The Morgan fingerprint density at radius 2 is 2.36 bits per heavy atom. The van der Waals surface area contributed by atoms with E-state index in [4.69, 9.17) is 10.5 Å². The number of nitrogens with two attached hydrogens (primary N) is 1. The van der Waals surface area contributed by atoms with Gasteiger partial charge in [0.2, 0.25) is 0 Å². The summed E-state index contributed by atoms with van der Waals surface area (Å²) in [4.78, 5) is 5.90. The number of rotatable bonds is 2. The van der Waals surface area contributed by atoms with E-state index >= 15 is 0 Å². The fraction of sp³-hybridized carbons (Fsp3) is 0.700. The predicted molar refractivity (Wildman–Crippen MR) is 57.4 cm³/mol. The van der Waals surface area contributed by atoms with E-state index in [0.717, 1.165) is 10.7 Å². The summed E-state index contributed by atoms with van der Waals surface area (Å²) >= 11 is 1.74. The molecule has 2 N–H and O–H groups in total. The molecule has 1 aromatic rings. The Labute approximate surface area is 88.3 Å². The van der Waals surface area contributed by atoms with E-state index in [9.17, 15) is 0 Å². The average molecular weight is 212 g/mol. The number of aromatic nitrogens is 1. The zero-order valence-electron chi connectivity index (χ0n) is 8.83. The van der Waals surface area contributed by atoms with Crippen LogP contribution < -0.4 is 5.73 Å². The van der Waals surface area contributed by atoms with Gasteiger partial charge in [0.25, 0.3) is 0 Å². The molecule has 1 aliphatic heterocycles. The lowest BCUT2D eigenvalue weighted by Crippen LogP contribution is -2.16. The van der Waals surface area contributed by atoms with Gasteiger partial charge in [-0.1, -0.05) is 6.92 Å². The molecule has 3 nitrogen and oxygen atoms in total. The minimum absolute atomic E-state index is 0.210. The van der Waals surface area contributed by atoms with Crippen LogP contribution in [0.15, 0.2) is 0 Å². The van der Waals surface area contributed by atoms with Crippen molar-refractivity contribution < 1.29 is 4.74 Å². The van der Waals surface area contributed by atoms with Crippen molar-refractivity contribution in [2.45, 2.75) is 38.9 Å². The molecule has 2 rings (SSSR count). The molecule has 0 aliphatic carbocycles. The van der Waals surface area contributed by atoms with Crippen molar-refractivity contribution in [3.63, 3.8) is 0 Å². The van der Waals surface area contributed by atoms with E-state index in [1.54, 1.807) is 11.3 Å². The van der Waals surface area contributed by atoms with E-state index in [1.165, 1.54) is 4.88 Å². The molecule has 0 saturated carbocycles. The molecule has 0 saturated heterocycles. The minimum Gasteiger partial charge on any atom is -0.364 e. The lowest BCUT2D eigenvalue weighted by molar-refractivity contribution is -0.0100. The normalized spacial score (nSPS) is 20.9. The second-order valence-electron chi connectivity index (χ2n) is 4.26. The number of ether oxygens (including phenoxy) is 1. The third-order valence-corrected chi connectivity index (χ3v) is 3.88. The zero-order chi connectivity index (χ0) is 10.3. The van der Waals surface area contributed by atoms with E-state index < -0.39 is 0 Å². The summed E-state index contributed by atoms with van der Waals surface area (Å²) in [5, 5.41) is 1.15. The molecule has 0 aromatic carbocycles. The van der Waals surface area contributed by atoms with Gasteiger partial charge in [-0.15, -0.1) is 11.3 Å². The van der Waals surface area contributed by atoms with Crippen molar-refractivity contribution in [2.75, 3.05) is 6.54 Å². The van der Waals surface area contributed by atoms with Crippen LogP contribution in [0.2, 0.25) is 0 Å². The van der Waals surface area contributed by atoms with Crippen LogP contribution in [-0.4, -0.2) is 11.5 Å². The van der Waals surface area contributed by atoms with E-state index in [-0.39, 0.29) is 5.60 Å². The van der Waals surface area contributed by atoms with Crippen LogP contribution in [0.4, 0.5) is 0 Å².